The zero-order valence-corrected chi connectivity index (χ0v) is 13.3. The summed E-state index contributed by atoms with van der Waals surface area (Å²) in [7, 11) is 0. The third kappa shape index (κ3) is 4.53. The van der Waals surface area contributed by atoms with Crippen molar-refractivity contribution in [2.24, 2.45) is 0 Å². The van der Waals surface area contributed by atoms with Crippen LogP contribution in [0.25, 0.3) is 0 Å². The molecule has 3 rings (SSSR count). The van der Waals surface area contributed by atoms with Crippen molar-refractivity contribution in [2.75, 3.05) is 17.2 Å². The normalized spacial score (nSPS) is 13.2. The summed E-state index contributed by atoms with van der Waals surface area (Å²) in [6.07, 6.45) is 1.95. The highest BCUT2D eigenvalue weighted by Crippen LogP contribution is 2.21. The van der Waals surface area contributed by atoms with E-state index in [4.69, 9.17) is 0 Å². The molecule has 0 aliphatic heterocycles. The zero-order valence-electron chi connectivity index (χ0n) is 13.3. The Labute approximate surface area is 143 Å². The SMILES string of the molecule is O=C(CNc1ccccc1C(=O)NC1CC1)Nc1cc(F)ccc1F. The van der Waals surface area contributed by atoms with Crippen LogP contribution in [0.1, 0.15) is 23.2 Å². The van der Waals surface area contributed by atoms with E-state index in [1.54, 1.807) is 24.3 Å². The minimum atomic E-state index is -0.723. The minimum absolute atomic E-state index is 0.191. The van der Waals surface area contributed by atoms with E-state index in [9.17, 15) is 18.4 Å². The maximum atomic E-state index is 13.5. The van der Waals surface area contributed by atoms with Crippen LogP contribution in [0.15, 0.2) is 42.5 Å². The number of halogens is 2. The first kappa shape index (κ1) is 16.9. The van der Waals surface area contributed by atoms with Crippen molar-refractivity contribution in [2.45, 2.75) is 18.9 Å². The summed E-state index contributed by atoms with van der Waals surface area (Å²) in [5, 5.41) is 8.03. The number of carbonyl (C=O) groups excluding carboxylic acids is 2. The highest BCUT2D eigenvalue weighted by molar-refractivity contribution is 6.01. The van der Waals surface area contributed by atoms with Crippen LogP contribution < -0.4 is 16.0 Å². The van der Waals surface area contributed by atoms with Crippen LogP contribution in [0.5, 0.6) is 0 Å². The van der Waals surface area contributed by atoms with Gasteiger partial charge in [-0.1, -0.05) is 12.1 Å². The Morgan fingerprint density at radius 2 is 1.80 bits per heavy atom. The van der Waals surface area contributed by atoms with Crippen LogP contribution in [0.2, 0.25) is 0 Å². The summed E-state index contributed by atoms with van der Waals surface area (Å²) in [6, 6.07) is 9.84. The number of hydrogen-bond donors (Lipinski definition) is 3. The quantitative estimate of drug-likeness (QED) is 0.754. The summed E-state index contributed by atoms with van der Waals surface area (Å²) >= 11 is 0. The number of carbonyl (C=O) groups is 2. The number of rotatable bonds is 6. The summed E-state index contributed by atoms with van der Waals surface area (Å²) in [5.74, 6) is -2.13. The average molecular weight is 345 g/mol. The predicted octanol–water partition coefficient (Wildman–Crippen LogP) is 2.91. The lowest BCUT2D eigenvalue weighted by atomic mass is 10.1. The van der Waals surface area contributed by atoms with E-state index in [1.165, 1.54) is 0 Å². The standard InChI is InChI=1S/C18H17F2N3O2/c19-11-5-8-14(20)16(9-11)23-17(24)10-21-15-4-2-1-3-13(15)18(25)22-12-6-7-12/h1-5,8-9,12,21H,6-7,10H2,(H,22,25)(H,23,24). The van der Waals surface area contributed by atoms with Crippen LogP contribution in [-0.4, -0.2) is 24.4 Å². The van der Waals surface area contributed by atoms with Gasteiger partial charge in [-0.15, -0.1) is 0 Å². The second-order valence-electron chi connectivity index (χ2n) is 5.82. The fraction of sp³-hybridized carbons (Fsp3) is 0.222. The van der Waals surface area contributed by atoms with Gasteiger partial charge in [-0.2, -0.15) is 0 Å². The van der Waals surface area contributed by atoms with Gasteiger partial charge >= 0.3 is 0 Å². The molecule has 0 aromatic heterocycles. The van der Waals surface area contributed by atoms with Crippen LogP contribution >= 0.6 is 0 Å². The van der Waals surface area contributed by atoms with Crippen molar-refractivity contribution < 1.29 is 18.4 Å². The molecule has 0 saturated heterocycles. The number of amides is 2. The van der Waals surface area contributed by atoms with E-state index < -0.39 is 17.5 Å². The molecule has 2 amide bonds. The molecule has 0 spiro atoms. The lowest BCUT2D eigenvalue weighted by molar-refractivity contribution is -0.114. The third-order valence-corrected chi connectivity index (χ3v) is 3.73. The topological polar surface area (TPSA) is 70.2 Å². The van der Waals surface area contributed by atoms with Gasteiger partial charge < -0.3 is 16.0 Å². The Hall–Kier alpha value is -2.96. The zero-order chi connectivity index (χ0) is 17.8. The first-order valence-electron chi connectivity index (χ1n) is 7.91. The highest BCUT2D eigenvalue weighted by Gasteiger charge is 2.24. The van der Waals surface area contributed by atoms with Gasteiger partial charge in [0.15, 0.2) is 0 Å². The molecule has 5 nitrogen and oxygen atoms in total. The van der Waals surface area contributed by atoms with Crippen molar-refractivity contribution >= 4 is 23.2 Å². The van der Waals surface area contributed by atoms with Gasteiger partial charge in [0.1, 0.15) is 11.6 Å². The van der Waals surface area contributed by atoms with Gasteiger partial charge in [0.2, 0.25) is 5.91 Å². The molecule has 0 atom stereocenters. The fourth-order valence-electron chi connectivity index (χ4n) is 2.29. The number of benzene rings is 2. The van der Waals surface area contributed by atoms with Gasteiger partial charge in [-0.05, 0) is 37.1 Å². The fourth-order valence-corrected chi connectivity index (χ4v) is 2.29. The maximum Gasteiger partial charge on any atom is 0.253 e. The molecule has 0 heterocycles. The second kappa shape index (κ2) is 7.29. The number of anilines is 2. The van der Waals surface area contributed by atoms with Gasteiger partial charge in [-0.3, -0.25) is 9.59 Å². The molecule has 1 saturated carbocycles. The molecule has 25 heavy (non-hydrogen) atoms. The first-order valence-corrected chi connectivity index (χ1v) is 7.91. The summed E-state index contributed by atoms with van der Waals surface area (Å²) < 4.78 is 26.7. The second-order valence-corrected chi connectivity index (χ2v) is 5.82. The molecule has 0 radical (unpaired) electrons. The molecule has 0 bridgehead atoms. The molecular weight excluding hydrogens is 328 g/mol. The van der Waals surface area contributed by atoms with Crippen LogP contribution in [-0.2, 0) is 4.79 Å². The van der Waals surface area contributed by atoms with Crippen molar-refractivity contribution in [3.05, 3.63) is 59.7 Å². The van der Waals surface area contributed by atoms with E-state index in [2.05, 4.69) is 16.0 Å². The van der Waals surface area contributed by atoms with Crippen LogP contribution in [0.4, 0.5) is 20.2 Å². The summed E-state index contributed by atoms with van der Waals surface area (Å²) in [6.45, 7) is -0.191. The van der Waals surface area contributed by atoms with Crippen molar-refractivity contribution in [3.8, 4) is 0 Å². The first-order chi connectivity index (χ1) is 12.0. The Morgan fingerprint density at radius 1 is 1.04 bits per heavy atom. The van der Waals surface area contributed by atoms with Gasteiger partial charge in [0.25, 0.3) is 5.91 Å². The van der Waals surface area contributed by atoms with E-state index in [0.717, 1.165) is 31.0 Å². The molecule has 3 N–H and O–H groups in total. The Balaban J connectivity index is 1.62. The van der Waals surface area contributed by atoms with Crippen molar-refractivity contribution in [1.82, 2.24) is 5.32 Å². The lowest BCUT2D eigenvalue weighted by Crippen LogP contribution is -2.27. The average Bonchev–Trinajstić information content (AvgIpc) is 3.40. The maximum absolute atomic E-state index is 13.5. The molecule has 1 aliphatic rings. The van der Waals surface area contributed by atoms with Gasteiger partial charge in [0.05, 0.1) is 17.8 Å². The minimum Gasteiger partial charge on any atom is -0.376 e. The van der Waals surface area contributed by atoms with E-state index >= 15 is 0 Å². The smallest absolute Gasteiger partial charge is 0.253 e. The Kier molecular flexibility index (Phi) is 4.92. The van der Waals surface area contributed by atoms with E-state index in [-0.39, 0.29) is 24.2 Å². The highest BCUT2D eigenvalue weighted by atomic mass is 19.1. The third-order valence-electron chi connectivity index (χ3n) is 3.73. The number of nitrogens with one attached hydrogen (secondary N) is 3. The molecule has 2 aromatic rings. The summed E-state index contributed by atoms with van der Waals surface area (Å²) in [4.78, 5) is 24.1. The molecule has 7 heteroatoms. The van der Waals surface area contributed by atoms with Crippen LogP contribution in [0.3, 0.4) is 0 Å². The molecule has 1 fully saturated rings. The Morgan fingerprint density at radius 3 is 2.56 bits per heavy atom. The molecule has 1 aliphatic carbocycles. The number of para-hydroxylation sites is 1. The molecule has 2 aromatic carbocycles. The molecule has 0 unspecified atom stereocenters. The number of hydrogen-bond acceptors (Lipinski definition) is 3. The monoisotopic (exact) mass is 345 g/mol. The lowest BCUT2D eigenvalue weighted by Gasteiger charge is -2.12. The van der Waals surface area contributed by atoms with E-state index in [0.29, 0.717) is 11.3 Å². The van der Waals surface area contributed by atoms with E-state index in [1.807, 2.05) is 0 Å². The predicted molar refractivity (Wildman–Crippen MR) is 90.4 cm³/mol. The Bertz CT molecular complexity index is 807. The largest absolute Gasteiger partial charge is 0.376 e. The van der Waals surface area contributed by atoms with Gasteiger partial charge in [-0.25, -0.2) is 8.78 Å². The molecular formula is C18H17F2N3O2. The van der Waals surface area contributed by atoms with Crippen molar-refractivity contribution in [3.63, 3.8) is 0 Å². The van der Waals surface area contributed by atoms with Crippen molar-refractivity contribution in [1.29, 1.82) is 0 Å². The van der Waals surface area contributed by atoms with Gasteiger partial charge in [0, 0.05) is 17.8 Å². The van der Waals surface area contributed by atoms with Crippen LogP contribution in [0, 0.1) is 11.6 Å². The summed E-state index contributed by atoms with van der Waals surface area (Å²) in [5.41, 5.74) is 0.696. The molecule has 130 valence electrons.